The Morgan fingerprint density at radius 3 is 1.87 bits per heavy atom. The van der Waals surface area contributed by atoms with Gasteiger partial charge in [-0.05, 0) is 20.0 Å². The predicted octanol–water partition coefficient (Wildman–Crippen LogP) is 1.51. The van der Waals surface area contributed by atoms with Crippen molar-refractivity contribution in [3.05, 3.63) is 0 Å². The average molecular weight is 217 g/mol. The first-order chi connectivity index (χ1) is 7.36. The van der Waals surface area contributed by atoms with Gasteiger partial charge in [-0.25, -0.2) is 0 Å². The van der Waals surface area contributed by atoms with Crippen LogP contribution in [0.25, 0.3) is 0 Å². The highest BCUT2D eigenvalue weighted by Crippen LogP contribution is 2.01. The van der Waals surface area contributed by atoms with Gasteiger partial charge < -0.3 is 10.2 Å². The normalized spacial score (nSPS) is 18.4. The number of rotatable bonds is 5. The lowest BCUT2D eigenvalue weighted by Gasteiger charge is -2.34. The van der Waals surface area contributed by atoms with Crippen LogP contribution in [-0.4, -0.2) is 62.7 Å². The van der Waals surface area contributed by atoms with Crippen molar-refractivity contribution in [3.8, 4) is 0 Å². The summed E-state index contributed by atoms with van der Waals surface area (Å²) in [6.07, 6.45) is 1.29. The smallest absolute Gasteiger partial charge is 0.0110 e. The van der Waals surface area contributed by atoms with Crippen LogP contribution in [0.1, 0.15) is 28.6 Å². The molecule has 0 spiro atoms. The Hall–Kier alpha value is -0.120. The van der Waals surface area contributed by atoms with E-state index < -0.39 is 0 Å². The quantitative estimate of drug-likeness (QED) is 0.753. The van der Waals surface area contributed by atoms with E-state index in [0.717, 1.165) is 6.54 Å². The van der Waals surface area contributed by atoms with Gasteiger partial charge in [-0.3, -0.25) is 4.90 Å². The SMILES string of the molecule is CC.CCCN1CCN(CCNC)CC1.[HH]. The maximum absolute atomic E-state index is 3.20. The van der Waals surface area contributed by atoms with Gasteiger partial charge in [0.1, 0.15) is 0 Å². The Morgan fingerprint density at radius 2 is 1.47 bits per heavy atom. The van der Waals surface area contributed by atoms with E-state index in [2.05, 4.69) is 22.0 Å². The summed E-state index contributed by atoms with van der Waals surface area (Å²) in [7, 11) is 2.02. The third-order valence-electron chi connectivity index (χ3n) is 2.68. The highest BCUT2D eigenvalue weighted by atomic mass is 15.3. The molecule has 3 heteroatoms. The maximum Gasteiger partial charge on any atom is 0.0110 e. The minimum Gasteiger partial charge on any atom is -0.318 e. The van der Waals surface area contributed by atoms with Gasteiger partial charge in [-0.2, -0.15) is 0 Å². The Kier molecular flexibility index (Phi) is 10.3. The zero-order valence-corrected chi connectivity index (χ0v) is 11.1. The summed E-state index contributed by atoms with van der Waals surface area (Å²) in [4.78, 5) is 5.11. The van der Waals surface area contributed by atoms with Crippen LogP contribution in [0.3, 0.4) is 0 Å². The highest BCUT2D eigenvalue weighted by Gasteiger charge is 2.14. The van der Waals surface area contributed by atoms with Crippen LogP contribution in [0.5, 0.6) is 0 Å². The van der Waals surface area contributed by atoms with Gasteiger partial charge in [0, 0.05) is 40.7 Å². The molecule has 1 heterocycles. The average Bonchev–Trinajstić information content (AvgIpc) is 2.31. The van der Waals surface area contributed by atoms with E-state index in [0.29, 0.717) is 0 Å². The molecule has 1 aliphatic heterocycles. The fourth-order valence-corrected chi connectivity index (χ4v) is 1.82. The molecule has 0 bridgehead atoms. The van der Waals surface area contributed by atoms with Crippen LogP contribution in [0.4, 0.5) is 0 Å². The molecule has 0 aromatic carbocycles. The lowest BCUT2D eigenvalue weighted by molar-refractivity contribution is 0.134. The van der Waals surface area contributed by atoms with Crippen molar-refractivity contribution >= 4 is 0 Å². The van der Waals surface area contributed by atoms with Gasteiger partial charge >= 0.3 is 0 Å². The number of likely N-dealkylation sites (N-methyl/N-ethyl adjacent to an activating group) is 1. The zero-order valence-electron chi connectivity index (χ0n) is 11.1. The van der Waals surface area contributed by atoms with E-state index in [1.54, 1.807) is 0 Å². The maximum atomic E-state index is 3.20. The summed E-state index contributed by atoms with van der Waals surface area (Å²) >= 11 is 0. The van der Waals surface area contributed by atoms with E-state index in [-0.39, 0.29) is 1.43 Å². The Balaban J connectivity index is 0. The monoisotopic (exact) mass is 217 g/mol. The fourth-order valence-electron chi connectivity index (χ4n) is 1.82. The van der Waals surface area contributed by atoms with Crippen molar-refractivity contribution < 1.29 is 1.43 Å². The second kappa shape index (κ2) is 10.4. The molecular formula is C12H31N3. The van der Waals surface area contributed by atoms with Crippen LogP contribution in [0.15, 0.2) is 0 Å². The molecule has 1 saturated heterocycles. The second-order valence-corrected chi connectivity index (χ2v) is 3.79. The molecule has 1 rings (SSSR count). The summed E-state index contributed by atoms with van der Waals surface area (Å²) in [5.41, 5.74) is 0. The summed E-state index contributed by atoms with van der Waals surface area (Å²) in [6, 6.07) is 0. The molecule has 0 aromatic heterocycles. The molecule has 1 fully saturated rings. The van der Waals surface area contributed by atoms with Gasteiger partial charge in [0.2, 0.25) is 0 Å². The molecule has 0 atom stereocenters. The van der Waals surface area contributed by atoms with Crippen molar-refractivity contribution in [1.29, 1.82) is 0 Å². The largest absolute Gasteiger partial charge is 0.318 e. The summed E-state index contributed by atoms with van der Waals surface area (Å²) in [5, 5.41) is 3.20. The number of hydrogen-bond acceptors (Lipinski definition) is 3. The third-order valence-corrected chi connectivity index (χ3v) is 2.68. The Morgan fingerprint density at radius 1 is 1.00 bits per heavy atom. The molecule has 0 saturated carbocycles. The van der Waals surface area contributed by atoms with Crippen LogP contribution in [0.2, 0.25) is 0 Å². The second-order valence-electron chi connectivity index (χ2n) is 3.79. The van der Waals surface area contributed by atoms with Crippen LogP contribution in [0, 0.1) is 0 Å². The minimum atomic E-state index is 0. The first kappa shape index (κ1) is 14.9. The molecule has 0 aromatic rings. The standard InChI is InChI=1S/C10H23N3.C2H6.H2/c1-3-5-12-7-9-13(10-8-12)6-4-11-2;1-2;/h11H,3-10H2,1-2H3;1-2H3;1H. The Labute approximate surface area is 97.3 Å². The van der Waals surface area contributed by atoms with Crippen LogP contribution < -0.4 is 5.32 Å². The third kappa shape index (κ3) is 6.88. The highest BCUT2D eigenvalue weighted by molar-refractivity contribution is 4.71. The van der Waals surface area contributed by atoms with Crippen LogP contribution in [-0.2, 0) is 0 Å². The lowest BCUT2D eigenvalue weighted by Crippen LogP contribution is -2.47. The van der Waals surface area contributed by atoms with Crippen molar-refractivity contribution in [2.45, 2.75) is 27.2 Å². The fraction of sp³-hybridized carbons (Fsp3) is 1.00. The van der Waals surface area contributed by atoms with Crippen molar-refractivity contribution in [2.75, 3.05) is 52.9 Å². The minimum absolute atomic E-state index is 0. The first-order valence-electron chi connectivity index (χ1n) is 6.46. The molecule has 0 aliphatic carbocycles. The molecule has 15 heavy (non-hydrogen) atoms. The van der Waals surface area contributed by atoms with Crippen molar-refractivity contribution in [2.24, 2.45) is 0 Å². The molecule has 0 amide bonds. The summed E-state index contributed by atoms with van der Waals surface area (Å²) in [6.45, 7) is 14.9. The van der Waals surface area contributed by atoms with Gasteiger partial charge in [-0.1, -0.05) is 20.8 Å². The van der Waals surface area contributed by atoms with Crippen LogP contribution >= 0.6 is 0 Å². The molecule has 0 unspecified atom stereocenters. The molecular weight excluding hydrogens is 186 g/mol. The molecule has 94 valence electrons. The number of nitrogens with zero attached hydrogens (tertiary/aromatic N) is 2. The number of hydrogen-bond donors (Lipinski definition) is 1. The van der Waals surface area contributed by atoms with E-state index in [4.69, 9.17) is 0 Å². The van der Waals surface area contributed by atoms with Gasteiger partial charge in [-0.15, -0.1) is 0 Å². The molecule has 3 nitrogen and oxygen atoms in total. The molecule has 0 radical (unpaired) electrons. The van der Waals surface area contributed by atoms with E-state index in [1.165, 1.54) is 45.7 Å². The molecule has 1 N–H and O–H groups in total. The number of nitrogens with one attached hydrogen (secondary N) is 1. The summed E-state index contributed by atoms with van der Waals surface area (Å²) in [5.74, 6) is 0. The lowest BCUT2D eigenvalue weighted by atomic mass is 10.3. The predicted molar refractivity (Wildman–Crippen MR) is 70.6 cm³/mol. The summed E-state index contributed by atoms with van der Waals surface area (Å²) < 4.78 is 0. The van der Waals surface area contributed by atoms with E-state index in [1.807, 2.05) is 20.9 Å². The topological polar surface area (TPSA) is 18.5 Å². The van der Waals surface area contributed by atoms with E-state index >= 15 is 0 Å². The van der Waals surface area contributed by atoms with Gasteiger partial charge in [0.05, 0.1) is 0 Å². The number of piperazine rings is 1. The first-order valence-corrected chi connectivity index (χ1v) is 6.46. The van der Waals surface area contributed by atoms with Gasteiger partial charge in [0.15, 0.2) is 0 Å². The van der Waals surface area contributed by atoms with Crippen molar-refractivity contribution in [1.82, 2.24) is 15.1 Å². The zero-order chi connectivity index (χ0) is 11.5. The Bertz CT molecular complexity index is 125. The molecule has 1 aliphatic rings. The van der Waals surface area contributed by atoms with Gasteiger partial charge in [0.25, 0.3) is 0 Å². The van der Waals surface area contributed by atoms with E-state index in [9.17, 15) is 0 Å². The van der Waals surface area contributed by atoms with Crippen molar-refractivity contribution in [3.63, 3.8) is 0 Å².